The third-order valence-corrected chi connectivity index (χ3v) is 11.3. The Kier molecular flexibility index (Phi) is 20.4. The summed E-state index contributed by atoms with van der Waals surface area (Å²) in [6.07, 6.45) is -21.7. The fraction of sp³-hybridized carbons (Fsp3) is 0.750. The number of hydrogen-bond donors (Lipinski definition) is 14. The highest BCUT2D eigenvalue weighted by molar-refractivity contribution is 5.95. The Labute approximate surface area is 372 Å². The highest BCUT2D eigenvalue weighted by atomic mass is 16.8. The summed E-state index contributed by atoms with van der Waals surface area (Å²) in [5.74, 6) is -8.26. The molecule has 3 fully saturated rings. The first-order valence-corrected chi connectivity index (χ1v) is 21.1. The molecule has 1 aromatic carbocycles. The molecule has 3 heterocycles. The van der Waals surface area contributed by atoms with Crippen molar-refractivity contribution in [2.75, 3.05) is 33.5 Å². The Morgan fingerprint density at radius 3 is 2.06 bits per heavy atom. The van der Waals surface area contributed by atoms with E-state index in [1.807, 2.05) is 0 Å². The average molecular weight is 939 g/mol. The molecule has 0 aromatic heterocycles. The number of carboxylic acids is 1. The number of carbonyl (C=O) groups excluding carboxylic acids is 3. The number of aromatic hydroxyl groups is 2. The van der Waals surface area contributed by atoms with Crippen LogP contribution < -0.4 is 10.6 Å². The zero-order valence-corrected chi connectivity index (χ0v) is 35.7. The summed E-state index contributed by atoms with van der Waals surface area (Å²) in [7, 11) is 1.32. The number of hydrogen-bond acceptors (Lipinski definition) is 22. The molecular formula is C40H62N2O23. The molecule has 370 valence electrons. The summed E-state index contributed by atoms with van der Waals surface area (Å²) in [5, 5.41) is 132. The first-order valence-electron chi connectivity index (χ1n) is 21.1. The molecule has 14 N–H and O–H groups in total. The van der Waals surface area contributed by atoms with Gasteiger partial charge in [0.05, 0.1) is 39.1 Å². The van der Waals surface area contributed by atoms with Gasteiger partial charge in [0.1, 0.15) is 67.1 Å². The van der Waals surface area contributed by atoms with Gasteiger partial charge in [-0.15, -0.1) is 0 Å². The molecule has 25 heteroatoms. The van der Waals surface area contributed by atoms with Gasteiger partial charge in [0.25, 0.3) is 11.7 Å². The Balaban J connectivity index is 1.58. The topological polar surface area (TPSA) is 400 Å². The summed E-state index contributed by atoms with van der Waals surface area (Å²) in [6, 6.07) is 0.00510. The van der Waals surface area contributed by atoms with E-state index >= 15 is 0 Å². The van der Waals surface area contributed by atoms with Crippen LogP contribution in [0.15, 0.2) is 18.2 Å². The molecular weight excluding hydrogens is 876 g/mol. The zero-order valence-electron chi connectivity index (χ0n) is 35.7. The van der Waals surface area contributed by atoms with E-state index in [0.717, 1.165) is 44.4 Å². The van der Waals surface area contributed by atoms with Gasteiger partial charge in [0.2, 0.25) is 5.91 Å². The molecule has 1 aromatic rings. The lowest BCUT2D eigenvalue weighted by atomic mass is 9.88. The molecule has 3 aliphatic heterocycles. The molecule has 3 saturated heterocycles. The van der Waals surface area contributed by atoms with E-state index in [2.05, 4.69) is 15.4 Å². The number of phenolic OH excluding ortho intramolecular Hbond substituents is 2. The molecule has 0 radical (unpaired) electrons. The first kappa shape index (κ1) is 53.7. The average Bonchev–Trinajstić information content (AvgIpc) is 3.27. The first-order chi connectivity index (χ1) is 30.8. The van der Waals surface area contributed by atoms with Crippen LogP contribution in [-0.2, 0) is 47.5 Å². The van der Waals surface area contributed by atoms with E-state index in [1.165, 1.54) is 7.11 Å². The second-order valence-electron chi connectivity index (χ2n) is 16.0. The number of unbranched alkanes of at least 4 members (excludes halogenated alkanes) is 5. The van der Waals surface area contributed by atoms with Crippen LogP contribution in [0.3, 0.4) is 0 Å². The van der Waals surface area contributed by atoms with Crippen LogP contribution in [0, 0.1) is 0 Å². The number of aliphatic hydroxyl groups excluding tert-OH is 9. The van der Waals surface area contributed by atoms with Crippen LogP contribution >= 0.6 is 0 Å². The minimum Gasteiger partial charge on any atom is -0.504 e. The lowest BCUT2D eigenvalue weighted by Gasteiger charge is -2.51. The second-order valence-corrected chi connectivity index (χ2v) is 16.0. The monoisotopic (exact) mass is 938 g/mol. The lowest BCUT2D eigenvalue weighted by molar-refractivity contribution is -0.382. The number of carbonyl (C=O) groups is 4. The fourth-order valence-corrected chi connectivity index (χ4v) is 7.74. The number of nitrogens with one attached hydrogen (secondary N) is 2. The fourth-order valence-electron chi connectivity index (χ4n) is 7.74. The SMILES string of the molecule is COC(=O)CCCCCCCCO[C@@H]1OC(CO)[C@H](OC2OC(CO)[C@@H](O)C(O[C@]3(C(=O)O)CC(O)[C@@H](NC(C)=O)C(C(O)C(O)CO)O3)C2O)C(O)C1NC(=O)c1ccc(O)c(O)c1. The number of aliphatic carboxylic acids is 1. The van der Waals surface area contributed by atoms with E-state index in [1.54, 1.807) is 0 Å². The summed E-state index contributed by atoms with van der Waals surface area (Å²) < 4.78 is 39.5. The number of amides is 2. The number of esters is 1. The van der Waals surface area contributed by atoms with Gasteiger partial charge in [0, 0.05) is 31.9 Å². The number of ether oxygens (including phenoxy) is 7. The lowest BCUT2D eigenvalue weighted by Crippen LogP contribution is -2.71. The van der Waals surface area contributed by atoms with Gasteiger partial charge in [-0.2, -0.15) is 0 Å². The maximum Gasteiger partial charge on any atom is 0.364 e. The normalized spacial score (nSPS) is 33.7. The van der Waals surface area contributed by atoms with Gasteiger partial charge in [-0.25, -0.2) is 4.79 Å². The van der Waals surface area contributed by atoms with Crippen LogP contribution in [0.1, 0.15) is 68.6 Å². The van der Waals surface area contributed by atoms with Crippen molar-refractivity contribution in [1.82, 2.24) is 10.6 Å². The Morgan fingerprint density at radius 2 is 1.46 bits per heavy atom. The highest BCUT2D eigenvalue weighted by Gasteiger charge is 2.60. The van der Waals surface area contributed by atoms with Crippen LogP contribution in [-0.4, -0.2) is 216 Å². The van der Waals surface area contributed by atoms with Crippen molar-refractivity contribution < 1.29 is 114 Å². The maximum absolute atomic E-state index is 13.5. The van der Waals surface area contributed by atoms with E-state index in [0.29, 0.717) is 25.7 Å². The standard InChI is InChI=1S/C40H62N2O23/c1-18(46)41-27-22(49)14-40(39(57)58,64-34(27)29(52)23(50)15-43)65-35-30(53)24(16-44)61-38(32(35)55)63-33-25(17-45)62-37(60-12-8-6-4-3-5-7-9-26(51)59-2)28(31(33)54)42-36(56)19-10-11-20(47)21(48)13-19/h10-11,13,22-25,27-35,37-38,43-45,47-50,52-55H,3-9,12,14-17H2,1-2H3,(H,41,46)(H,42,56)(H,57,58)/t22?,23?,24?,25?,27-,28?,29?,30-,31?,32?,33+,34?,35?,37-,38?,40+/m1/s1. The third-order valence-electron chi connectivity index (χ3n) is 11.3. The van der Waals surface area contributed by atoms with Gasteiger partial charge in [-0.3, -0.25) is 14.4 Å². The molecule has 0 aliphatic carbocycles. The van der Waals surface area contributed by atoms with Crippen molar-refractivity contribution in [2.24, 2.45) is 0 Å². The number of benzene rings is 1. The predicted molar refractivity (Wildman–Crippen MR) is 213 cm³/mol. The molecule has 11 unspecified atom stereocenters. The van der Waals surface area contributed by atoms with E-state index < -0.39 is 153 Å². The zero-order chi connectivity index (χ0) is 48.2. The maximum atomic E-state index is 13.5. The molecule has 0 saturated carbocycles. The summed E-state index contributed by atoms with van der Waals surface area (Å²) in [4.78, 5) is 49.7. The van der Waals surface area contributed by atoms with Gasteiger partial charge in [0.15, 0.2) is 24.1 Å². The Hall–Kier alpha value is -3.90. The summed E-state index contributed by atoms with van der Waals surface area (Å²) in [5.41, 5.74) is -0.183. The van der Waals surface area contributed by atoms with Crippen LogP contribution in [0.5, 0.6) is 11.5 Å². The third kappa shape index (κ3) is 13.6. The number of phenols is 2. The molecule has 16 atom stereocenters. The van der Waals surface area contributed by atoms with Gasteiger partial charge in [-0.05, 0) is 31.0 Å². The van der Waals surface area contributed by atoms with E-state index in [-0.39, 0.29) is 18.1 Å². The molecule has 4 rings (SSSR count). The van der Waals surface area contributed by atoms with Gasteiger partial charge in [-0.1, -0.05) is 25.7 Å². The largest absolute Gasteiger partial charge is 0.504 e. The quantitative estimate of drug-likeness (QED) is 0.0280. The molecule has 3 aliphatic rings. The van der Waals surface area contributed by atoms with Crippen molar-refractivity contribution in [3.8, 4) is 11.5 Å². The minimum absolute atomic E-state index is 0.0274. The summed E-state index contributed by atoms with van der Waals surface area (Å²) >= 11 is 0. The van der Waals surface area contributed by atoms with Crippen molar-refractivity contribution in [3.63, 3.8) is 0 Å². The molecule has 2 amide bonds. The van der Waals surface area contributed by atoms with E-state index in [4.69, 9.17) is 28.4 Å². The number of aliphatic hydroxyl groups is 9. The molecule has 0 bridgehead atoms. The van der Waals surface area contributed by atoms with Crippen molar-refractivity contribution in [1.29, 1.82) is 0 Å². The van der Waals surface area contributed by atoms with Gasteiger partial charge < -0.3 is 105 Å². The number of methoxy groups -OCH3 is 1. The van der Waals surface area contributed by atoms with Crippen molar-refractivity contribution in [2.45, 2.75) is 156 Å². The van der Waals surface area contributed by atoms with Crippen LogP contribution in [0.25, 0.3) is 0 Å². The van der Waals surface area contributed by atoms with Crippen LogP contribution in [0.4, 0.5) is 0 Å². The van der Waals surface area contributed by atoms with Gasteiger partial charge >= 0.3 is 11.9 Å². The van der Waals surface area contributed by atoms with Crippen molar-refractivity contribution in [3.05, 3.63) is 23.8 Å². The predicted octanol–water partition coefficient (Wildman–Crippen LogP) is -4.45. The highest BCUT2D eigenvalue weighted by Crippen LogP contribution is 2.38. The molecule has 65 heavy (non-hydrogen) atoms. The number of carboxylic acid groups (broad SMARTS) is 1. The number of rotatable bonds is 23. The molecule has 0 spiro atoms. The second kappa shape index (κ2) is 24.7. The van der Waals surface area contributed by atoms with Crippen molar-refractivity contribution >= 4 is 23.8 Å². The Bertz CT molecular complexity index is 1710. The van der Waals surface area contributed by atoms with Crippen LogP contribution in [0.2, 0.25) is 0 Å². The van der Waals surface area contributed by atoms with E-state index in [9.17, 15) is 80.5 Å². The summed E-state index contributed by atoms with van der Waals surface area (Å²) in [6.45, 7) is -1.94. The smallest absolute Gasteiger partial charge is 0.364 e. The minimum atomic E-state index is -3.10. The molecule has 25 nitrogen and oxygen atoms in total. The Morgan fingerprint density at radius 1 is 0.815 bits per heavy atom.